The van der Waals surface area contributed by atoms with Gasteiger partial charge in [0.05, 0.1) is 24.1 Å². The average molecular weight is 314 g/mol. The first-order valence-electron chi connectivity index (χ1n) is 5.93. The van der Waals surface area contributed by atoms with Crippen LogP contribution in [-0.2, 0) is 4.74 Å². The highest BCUT2D eigenvalue weighted by atomic mass is 79.9. The lowest BCUT2D eigenvalue weighted by Crippen LogP contribution is -2.30. The third kappa shape index (κ3) is 3.10. The minimum absolute atomic E-state index is 0.00283. The van der Waals surface area contributed by atoms with Gasteiger partial charge in [0.15, 0.2) is 0 Å². The highest BCUT2D eigenvalue weighted by Gasteiger charge is 2.34. The molecule has 1 amide bonds. The van der Waals surface area contributed by atoms with Gasteiger partial charge in [-0.15, -0.1) is 0 Å². The number of rotatable bonds is 4. The minimum atomic E-state index is -0.0511. The smallest absolute Gasteiger partial charge is 0.253 e. The van der Waals surface area contributed by atoms with Gasteiger partial charge < -0.3 is 14.7 Å². The van der Waals surface area contributed by atoms with Crippen LogP contribution < -0.4 is 0 Å². The number of aliphatic hydroxyl groups excluding tert-OH is 1. The molecule has 1 aromatic carbocycles. The van der Waals surface area contributed by atoms with Gasteiger partial charge in [0.1, 0.15) is 0 Å². The number of halogens is 1. The fourth-order valence-electron chi connectivity index (χ4n) is 2.02. The molecule has 1 aliphatic heterocycles. The summed E-state index contributed by atoms with van der Waals surface area (Å²) in [5.74, 6) is 0.0233. The van der Waals surface area contributed by atoms with Crippen molar-refractivity contribution in [2.75, 3.05) is 26.3 Å². The van der Waals surface area contributed by atoms with Crippen molar-refractivity contribution in [1.82, 2.24) is 4.90 Å². The van der Waals surface area contributed by atoms with Crippen molar-refractivity contribution in [3.05, 3.63) is 35.9 Å². The molecule has 1 fully saturated rings. The summed E-state index contributed by atoms with van der Waals surface area (Å²) >= 11 is 3.52. The monoisotopic (exact) mass is 313 g/mol. The van der Waals surface area contributed by atoms with Gasteiger partial charge in [-0.2, -0.15) is 0 Å². The normalized spacial score (nSPS) is 23.3. The van der Waals surface area contributed by atoms with E-state index >= 15 is 0 Å². The van der Waals surface area contributed by atoms with E-state index in [-0.39, 0.29) is 23.4 Å². The zero-order valence-electron chi connectivity index (χ0n) is 9.96. The first-order chi connectivity index (χ1) is 8.72. The van der Waals surface area contributed by atoms with Gasteiger partial charge in [-0.1, -0.05) is 34.1 Å². The Balaban J connectivity index is 1.97. The highest BCUT2D eigenvalue weighted by Crippen LogP contribution is 2.22. The maximum Gasteiger partial charge on any atom is 0.253 e. The van der Waals surface area contributed by atoms with E-state index in [1.807, 2.05) is 30.3 Å². The first-order valence-corrected chi connectivity index (χ1v) is 6.85. The van der Waals surface area contributed by atoms with E-state index in [0.717, 1.165) is 0 Å². The predicted octanol–water partition coefficient (Wildman–Crippen LogP) is 1.28. The summed E-state index contributed by atoms with van der Waals surface area (Å²) in [5.41, 5.74) is 0.694. The second-order valence-corrected chi connectivity index (χ2v) is 5.40. The molecule has 1 saturated heterocycles. The van der Waals surface area contributed by atoms with Crippen LogP contribution in [0, 0.1) is 0 Å². The number of ether oxygens (including phenoxy) is 1. The molecule has 1 heterocycles. The van der Waals surface area contributed by atoms with Crippen LogP contribution in [0.15, 0.2) is 30.3 Å². The fourth-order valence-corrected chi connectivity index (χ4v) is 2.69. The molecule has 18 heavy (non-hydrogen) atoms. The molecule has 0 bridgehead atoms. The summed E-state index contributed by atoms with van der Waals surface area (Å²) in [5, 5.41) is 8.75. The van der Waals surface area contributed by atoms with Crippen molar-refractivity contribution in [3.8, 4) is 0 Å². The van der Waals surface area contributed by atoms with Crippen molar-refractivity contribution < 1.29 is 14.6 Å². The van der Waals surface area contributed by atoms with Crippen molar-refractivity contribution in [2.24, 2.45) is 0 Å². The molecule has 5 heteroatoms. The van der Waals surface area contributed by atoms with Crippen LogP contribution in [0.1, 0.15) is 10.4 Å². The number of likely N-dealkylation sites (tertiary alicyclic amines) is 1. The second-order valence-electron chi connectivity index (χ2n) is 4.23. The lowest BCUT2D eigenvalue weighted by Gasteiger charge is -2.16. The molecule has 0 aliphatic carbocycles. The number of aliphatic hydroxyl groups is 1. The molecule has 98 valence electrons. The van der Waals surface area contributed by atoms with Crippen LogP contribution in [0.25, 0.3) is 0 Å². The highest BCUT2D eigenvalue weighted by molar-refractivity contribution is 9.09. The van der Waals surface area contributed by atoms with E-state index in [0.29, 0.717) is 25.3 Å². The molecule has 1 aliphatic rings. The van der Waals surface area contributed by atoms with Crippen LogP contribution in [0.3, 0.4) is 0 Å². The number of alkyl halides is 1. The van der Waals surface area contributed by atoms with Crippen LogP contribution in [0.2, 0.25) is 0 Å². The number of hydrogen-bond donors (Lipinski definition) is 1. The third-order valence-electron chi connectivity index (χ3n) is 2.93. The summed E-state index contributed by atoms with van der Waals surface area (Å²) in [7, 11) is 0. The molecule has 0 unspecified atom stereocenters. The molecule has 2 atom stereocenters. The van der Waals surface area contributed by atoms with Gasteiger partial charge in [-0.3, -0.25) is 4.79 Å². The molecule has 1 N–H and O–H groups in total. The number of nitrogens with zero attached hydrogens (tertiary/aromatic N) is 1. The summed E-state index contributed by atoms with van der Waals surface area (Å²) in [6.07, 6.45) is -0.0511. The number of hydrogen-bond acceptors (Lipinski definition) is 3. The Morgan fingerprint density at radius 3 is 2.78 bits per heavy atom. The Kier molecular flexibility index (Phi) is 4.74. The van der Waals surface area contributed by atoms with E-state index in [9.17, 15) is 4.79 Å². The Morgan fingerprint density at radius 1 is 1.39 bits per heavy atom. The maximum atomic E-state index is 12.2. The van der Waals surface area contributed by atoms with Crippen molar-refractivity contribution >= 4 is 21.8 Å². The summed E-state index contributed by atoms with van der Waals surface area (Å²) in [6, 6.07) is 9.23. The zero-order valence-corrected chi connectivity index (χ0v) is 11.5. The lowest BCUT2D eigenvalue weighted by atomic mass is 10.2. The Bertz CT molecular complexity index is 398. The number of benzene rings is 1. The van der Waals surface area contributed by atoms with Crippen LogP contribution >= 0.6 is 15.9 Å². The molecule has 0 spiro atoms. The molecular formula is C13H16BrNO3. The standard InChI is InChI=1S/C13H16BrNO3/c14-11-8-15(9-12(11)18-7-6-16)13(17)10-4-2-1-3-5-10/h1-5,11-12,16H,6-9H2/t11-,12-/m1/s1. The molecule has 0 radical (unpaired) electrons. The third-order valence-corrected chi connectivity index (χ3v) is 3.81. The van der Waals surface area contributed by atoms with Crippen LogP contribution in [0.4, 0.5) is 0 Å². The number of carbonyl (C=O) groups is 1. The van der Waals surface area contributed by atoms with E-state index in [4.69, 9.17) is 9.84 Å². The van der Waals surface area contributed by atoms with Crippen LogP contribution in [0.5, 0.6) is 0 Å². The van der Waals surface area contributed by atoms with E-state index < -0.39 is 0 Å². The molecule has 0 aromatic heterocycles. The maximum absolute atomic E-state index is 12.2. The van der Waals surface area contributed by atoms with Crippen molar-refractivity contribution in [2.45, 2.75) is 10.9 Å². The minimum Gasteiger partial charge on any atom is -0.394 e. The SMILES string of the molecule is O=C(c1ccccc1)N1C[C@@H](Br)[C@H](OCCO)C1. The summed E-state index contributed by atoms with van der Waals surface area (Å²) in [4.78, 5) is 14.1. The fraction of sp³-hybridized carbons (Fsp3) is 0.462. The largest absolute Gasteiger partial charge is 0.394 e. The second kappa shape index (κ2) is 6.31. The molecule has 4 nitrogen and oxygen atoms in total. The Morgan fingerprint density at radius 2 is 2.11 bits per heavy atom. The Labute approximate surface area is 115 Å². The van der Waals surface area contributed by atoms with Gasteiger partial charge in [0, 0.05) is 18.7 Å². The van der Waals surface area contributed by atoms with Crippen LogP contribution in [-0.4, -0.2) is 53.1 Å². The molecular weight excluding hydrogens is 298 g/mol. The summed E-state index contributed by atoms with van der Waals surface area (Å²) in [6.45, 7) is 1.50. The quantitative estimate of drug-likeness (QED) is 0.852. The van der Waals surface area contributed by atoms with E-state index in [2.05, 4.69) is 15.9 Å². The van der Waals surface area contributed by atoms with Gasteiger partial charge in [-0.25, -0.2) is 0 Å². The van der Waals surface area contributed by atoms with E-state index in [1.165, 1.54) is 0 Å². The van der Waals surface area contributed by atoms with Gasteiger partial charge in [-0.05, 0) is 12.1 Å². The van der Waals surface area contributed by atoms with Gasteiger partial charge in [0.2, 0.25) is 0 Å². The molecule has 2 rings (SSSR count). The van der Waals surface area contributed by atoms with E-state index in [1.54, 1.807) is 4.90 Å². The van der Waals surface area contributed by atoms with Crippen molar-refractivity contribution in [3.63, 3.8) is 0 Å². The lowest BCUT2D eigenvalue weighted by molar-refractivity contribution is 0.0356. The molecule has 1 aromatic rings. The average Bonchev–Trinajstić information content (AvgIpc) is 2.78. The first kappa shape index (κ1) is 13.5. The van der Waals surface area contributed by atoms with Gasteiger partial charge in [0.25, 0.3) is 5.91 Å². The predicted molar refractivity (Wildman–Crippen MR) is 71.9 cm³/mol. The zero-order chi connectivity index (χ0) is 13.0. The molecule has 0 saturated carbocycles. The number of amides is 1. The Hall–Kier alpha value is -0.910. The van der Waals surface area contributed by atoms with Crippen molar-refractivity contribution in [1.29, 1.82) is 0 Å². The van der Waals surface area contributed by atoms with Gasteiger partial charge >= 0.3 is 0 Å². The topological polar surface area (TPSA) is 49.8 Å². The summed E-state index contributed by atoms with van der Waals surface area (Å²) < 4.78 is 5.49. The number of carbonyl (C=O) groups excluding carboxylic acids is 1.